The second kappa shape index (κ2) is 8.76. The SMILES string of the molecule is CC(C)C[C@H](c1cccc(OC(F)(F)F)c1)N1CCNCC1.Cl. The van der Waals surface area contributed by atoms with E-state index < -0.39 is 6.36 Å². The lowest BCUT2D eigenvalue weighted by Crippen LogP contribution is -2.45. The molecule has 1 atom stereocenters. The first-order valence-electron chi connectivity index (χ1n) is 7.65. The maximum atomic E-state index is 12.4. The van der Waals surface area contributed by atoms with Crippen molar-refractivity contribution >= 4 is 12.4 Å². The van der Waals surface area contributed by atoms with Gasteiger partial charge in [-0.15, -0.1) is 25.6 Å². The molecule has 1 aromatic rings. The first kappa shape index (κ1) is 20.1. The third-order valence-electron chi connectivity index (χ3n) is 3.76. The standard InChI is InChI=1S/C16H23F3N2O.ClH/c1-12(2)10-15(21-8-6-20-7-9-21)13-4-3-5-14(11-13)22-16(17,18)19;/h3-5,11-12,15,20H,6-10H2,1-2H3;1H/t15-;/m1./s1. The molecule has 2 rings (SSSR count). The molecular formula is C16H24ClF3N2O. The number of halogens is 4. The van der Waals surface area contributed by atoms with Crippen molar-refractivity contribution in [2.75, 3.05) is 26.2 Å². The van der Waals surface area contributed by atoms with E-state index in [1.165, 1.54) is 12.1 Å². The number of benzene rings is 1. The number of rotatable bonds is 5. The summed E-state index contributed by atoms with van der Waals surface area (Å²) >= 11 is 0. The van der Waals surface area contributed by atoms with E-state index in [4.69, 9.17) is 0 Å². The van der Waals surface area contributed by atoms with Crippen molar-refractivity contribution in [3.8, 4) is 5.75 Å². The first-order valence-corrected chi connectivity index (χ1v) is 7.65. The van der Waals surface area contributed by atoms with Gasteiger partial charge in [-0.2, -0.15) is 0 Å². The molecule has 0 unspecified atom stereocenters. The van der Waals surface area contributed by atoms with Crippen LogP contribution in [0, 0.1) is 5.92 Å². The minimum atomic E-state index is -4.65. The van der Waals surface area contributed by atoms with Crippen molar-refractivity contribution in [3.05, 3.63) is 29.8 Å². The van der Waals surface area contributed by atoms with Crippen LogP contribution in [0.3, 0.4) is 0 Å². The molecule has 1 aromatic carbocycles. The van der Waals surface area contributed by atoms with Gasteiger partial charge in [0, 0.05) is 32.2 Å². The third kappa shape index (κ3) is 6.57. The largest absolute Gasteiger partial charge is 0.573 e. The molecule has 0 saturated carbocycles. The lowest BCUT2D eigenvalue weighted by atomic mass is 9.95. The zero-order chi connectivity index (χ0) is 16.2. The molecule has 132 valence electrons. The van der Waals surface area contributed by atoms with Gasteiger partial charge in [-0.3, -0.25) is 4.90 Å². The van der Waals surface area contributed by atoms with Gasteiger partial charge < -0.3 is 10.1 Å². The number of nitrogens with one attached hydrogen (secondary N) is 1. The van der Waals surface area contributed by atoms with Crippen molar-refractivity contribution < 1.29 is 17.9 Å². The van der Waals surface area contributed by atoms with E-state index in [0.717, 1.165) is 38.2 Å². The van der Waals surface area contributed by atoms with Crippen LogP contribution < -0.4 is 10.1 Å². The van der Waals surface area contributed by atoms with Crippen molar-refractivity contribution in [2.45, 2.75) is 32.7 Å². The summed E-state index contributed by atoms with van der Waals surface area (Å²) in [6.45, 7) is 7.89. The van der Waals surface area contributed by atoms with Gasteiger partial charge in [-0.05, 0) is 30.0 Å². The number of ether oxygens (including phenoxy) is 1. The first-order chi connectivity index (χ1) is 10.3. The van der Waals surface area contributed by atoms with Crippen molar-refractivity contribution in [1.29, 1.82) is 0 Å². The molecule has 0 radical (unpaired) electrons. The maximum Gasteiger partial charge on any atom is 0.573 e. The van der Waals surface area contributed by atoms with Crippen LogP contribution in [-0.4, -0.2) is 37.4 Å². The fraction of sp³-hybridized carbons (Fsp3) is 0.625. The molecule has 0 aliphatic carbocycles. The van der Waals surface area contributed by atoms with E-state index in [9.17, 15) is 13.2 Å². The van der Waals surface area contributed by atoms with E-state index in [-0.39, 0.29) is 24.2 Å². The normalized spacial score (nSPS) is 17.7. The summed E-state index contributed by atoms with van der Waals surface area (Å²) in [5, 5.41) is 3.30. The van der Waals surface area contributed by atoms with Gasteiger partial charge in [-0.25, -0.2) is 0 Å². The topological polar surface area (TPSA) is 24.5 Å². The summed E-state index contributed by atoms with van der Waals surface area (Å²) in [5.41, 5.74) is 0.886. The lowest BCUT2D eigenvalue weighted by molar-refractivity contribution is -0.274. The van der Waals surface area contributed by atoms with Crippen molar-refractivity contribution in [2.24, 2.45) is 5.92 Å². The van der Waals surface area contributed by atoms with Crippen LogP contribution in [-0.2, 0) is 0 Å². The zero-order valence-corrected chi connectivity index (χ0v) is 14.2. The Morgan fingerprint density at radius 3 is 2.43 bits per heavy atom. The van der Waals surface area contributed by atoms with Crippen LogP contribution in [0.5, 0.6) is 5.75 Å². The van der Waals surface area contributed by atoms with Crippen LogP contribution in [0.4, 0.5) is 13.2 Å². The van der Waals surface area contributed by atoms with E-state index >= 15 is 0 Å². The van der Waals surface area contributed by atoms with Gasteiger partial charge in [-0.1, -0.05) is 26.0 Å². The highest BCUT2D eigenvalue weighted by atomic mass is 35.5. The van der Waals surface area contributed by atoms with Gasteiger partial charge in [0.15, 0.2) is 0 Å². The van der Waals surface area contributed by atoms with Gasteiger partial charge >= 0.3 is 6.36 Å². The zero-order valence-electron chi connectivity index (χ0n) is 13.4. The van der Waals surface area contributed by atoms with Crippen molar-refractivity contribution in [3.63, 3.8) is 0 Å². The second-order valence-corrected chi connectivity index (χ2v) is 6.05. The highest BCUT2D eigenvalue weighted by Crippen LogP contribution is 2.31. The quantitative estimate of drug-likeness (QED) is 0.867. The van der Waals surface area contributed by atoms with Crippen molar-refractivity contribution in [1.82, 2.24) is 10.2 Å². The molecule has 7 heteroatoms. The van der Waals surface area contributed by atoms with Crippen LogP contribution in [0.1, 0.15) is 31.9 Å². The summed E-state index contributed by atoms with van der Waals surface area (Å²) < 4.78 is 41.2. The lowest BCUT2D eigenvalue weighted by Gasteiger charge is -2.36. The van der Waals surface area contributed by atoms with Gasteiger partial charge in [0.05, 0.1) is 0 Å². The van der Waals surface area contributed by atoms with E-state index in [1.54, 1.807) is 6.07 Å². The number of alkyl halides is 3. The van der Waals surface area contributed by atoms with Gasteiger partial charge in [0.2, 0.25) is 0 Å². The average Bonchev–Trinajstić information content (AvgIpc) is 2.44. The molecule has 1 aliphatic rings. The Balaban J connectivity index is 0.00000264. The van der Waals surface area contributed by atoms with Crippen LogP contribution in [0.2, 0.25) is 0 Å². The highest BCUT2D eigenvalue weighted by molar-refractivity contribution is 5.85. The number of piperazine rings is 1. The fourth-order valence-corrected chi connectivity index (χ4v) is 2.86. The fourth-order valence-electron chi connectivity index (χ4n) is 2.86. The predicted octanol–water partition coefficient (Wildman–Crippen LogP) is 4.00. The Bertz CT molecular complexity index is 477. The monoisotopic (exact) mass is 352 g/mol. The Morgan fingerprint density at radius 2 is 1.87 bits per heavy atom. The molecule has 0 spiro atoms. The van der Waals surface area contributed by atoms with E-state index in [1.807, 2.05) is 6.07 Å². The Kier molecular flexibility index (Phi) is 7.64. The van der Waals surface area contributed by atoms with Gasteiger partial charge in [0.1, 0.15) is 5.75 Å². The van der Waals surface area contributed by atoms with Gasteiger partial charge in [0.25, 0.3) is 0 Å². The molecule has 0 aromatic heterocycles. The molecule has 3 nitrogen and oxygen atoms in total. The van der Waals surface area contributed by atoms with E-state index in [2.05, 4.69) is 28.8 Å². The predicted molar refractivity (Wildman–Crippen MR) is 87.0 cm³/mol. The molecule has 1 aliphatic heterocycles. The molecule has 0 amide bonds. The number of hydrogen-bond acceptors (Lipinski definition) is 3. The highest BCUT2D eigenvalue weighted by Gasteiger charge is 2.31. The Hall–Kier alpha value is -0.980. The summed E-state index contributed by atoms with van der Waals surface area (Å²) in [4.78, 5) is 2.34. The maximum absolute atomic E-state index is 12.4. The summed E-state index contributed by atoms with van der Waals surface area (Å²) in [6, 6.07) is 6.51. The molecule has 1 N–H and O–H groups in total. The molecule has 1 fully saturated rings. The summed E-state index contributed by atoms with van der Waals surface area (Å²) in [5.74, 6) is 0.320. The number of nitrogens with zero attached hydrogens (tertiary/aromatic N) is 1. The smallest absolute Gasteiger partial charge is 0.406 e. The minimum absolute atomic E-state index is 0. The minimum Gasteiger partial charge on any atom is -0.406 e. The molecule has 0 bridgehead atoms. The molecule has 23 heavy (non-hydrogen) atoms. The number of hydrogen-bond donors (Lipinski definition) is 1. The Morgan fingerprint density at radius 1 is 1.22 bits per heavy atom. The molecular weight excluding hydrogens is 329 g/mol. The van der Waals surface area contributed by atoms with Crippen LogP contribution in [0.25, 0.3) is 0 Å². The average molecular weight is 353 g/mol. The summed E-state index contributed by atoms with van der Waals surface area (Å²) in [7, 11) is 0. The molecule has 1 heterocycles. The Labute approximate surface area is 141 Å². The second-order valence-electron chi connectivity index (χ2n) is 6.05. The third-order valence-corrected chi connectivity index (χ3v) is 3.76. The van der Waals surface area contributed by atoms with Crippen LogP contribution >= 0.6 is 12.4 Å². The summed E-state index contributed by atoms with van der Waals surface area (Å²) in [6.07, 6.45) is -3.74. The van der Waals surface area contributed by atoms with E-state index in [0.29, 0.717) is 5.92 Å². The molecule has 1 saturated heterocycles. The van der Waals surface area contributed by atoms with Crippen LogP contribution in [0.15, 0.2) is 24.3 Å².